The molecule has 1 aliphatic rings. The molecule has 3 nitrogen and oxygen atoms in total. The predicted molar refractivity (Wildman–Crippen MR) is 83.2 cm³/mol. The number of rotatable bonds is 4. The van der Waals surface area contributed by atoms with E-state index in [0.717, 1.165) is 18.7 Å². The fourth-order valence-electron chi connectivity index (χ4n) is 2.41. The minimum atomic E-state index is 0.0536. The average Bonchev–Trinajstić information content (AvgIpc) is 2.66. The molecule has 1 aromatic carbocycles. The summed E-state index contributed by atoms with van der Waals surface area (Å²) in [6, 6.07) is 5.32. The number of carbonyl (C=O) groups excluding carboxylic acids is 1. The summed E-state index contributed by atoms with van der Waals surface area (Å²) in [5.41, 5.74) is 0.889. The Hall–Kier alpha value is -0.770. The van der Waals surface area contributed by atoms with E-state index in [1.54, 1.807) is 12.1 Å². The molecule has 2 rings (SSSR count). The van der Waals surface area contributed by atoms with Gasteiger partial charge in [0.15, 0.2) is 0 Å². The van der Waals surface area contributed by atoms with Crippen LogP contribution in [0.25, 0.3) is 0 Å². The van der Waals surface area contributed by atoms with E-state index < -0.39 is 0 Å². The minimum Gasteiger partial charge on any atom is -0.351 e. The summed E-state index contributed by atoms with van der Waals surface area (Å²) in [4.78, 5) is 14.2. The molecule has 0 unspecified atom stereocenters. The first-order valence-corrected chi connectivity index (χ1v) is 7.84. The second-order valence-electron chi connectivity index (χ2n) is 5.20. The van der Waals surface area contributed by atoms with E-state index in [2.05, 4.69) is 10.2 Å². The Morgan fingerprint density at radius 1 is 1.15 bits per heavy atom. The van der Waals surface area contributed by atoms with Gasteiger partial charge in [-0.25, -0.2) is 0 Å². The van der Waals surface area contributed by atoms with Crippen LogP contribution in [0, 0.1) is 0 Å². The molecule has 0 bridgehead atoms. The molecule has 1 aromatic rings. The van der Waals surface area contributed by atoms with Gasteiger partial charge in [0.1, 0.15) is 0 Å². The summed E-state index contributed by atoms with van der Waals surface area (Å²) in [7, 11) is 0. The fourth-order valence-corrected chi connectivity index (χ4v) is 2.89. The Balaban J connectivity index is 1.79. The molecular weight excluding hydrogens is 295 g/mol. The number of nitrogens with zero attached hydrogens (tertiary/aromatic N) is 1. The highest BCUT2D eigenvalue weighted by molar-refractivity contribution is 6.35. The van der Waals surface area contributed by atoms with Gasteiger partial charge < -0.3 is 5.32 Å². The number of amides is 1. The summed E-state index contributed by atoms with van der Waals surface area (Å²) in [6.45, 7) is 2.97. The van der Waals surface area contributed by atoms with Crippen molar-refractivity contribution in [3.8, 4) is 0 Å². The van der Waals surface area contributed by atoms with Gasteiger partial charge in [-0.05, 0) is 43.6 Å². The third-order valence-corrected chi connectivity index (χ3v) is 4.14. The lowest BCUT2D eigenvalue weighted by molar-refractivity contribution is -0.122. The van der Waals surface area contributed by atoms with Crippen LogP contribution in [-0.2, 0) is 11.3 Å². The zero-order chi connectivity index (χ0) is 14.4. The Labute approximate surface area is 130 Å². The van der Waals surface area contributed by atoms with E-state index in [1.165, 1.54) is 25.7 Å². The molecule has 1 N–H and O–H groups in total. The quantitative estimate of drug-likeness (QED) is 0.922. The number of nitrogens with one attached hydrogen (secondary N) is 1. The zero-order valence-electron chi connectivity index (χ0n) is 11.5. The molecule has 1 aliphatic heterocycles. The first kappa shape index (κ1) is 15.6. The van der Waals surface area contributed by atoms with Crippen molar-refractivity contribution in [3.05, 3.63) is 33.8 Å². The first-order valence-electron chi connectivity index (χ1n) is 7.08. The molecule has 0 aliphatic carbocycles. The smallest absolute Gasteiger partial charge is 0.234 e. The summed E-state index contributed by atoms with van der Waals surface area (Å²) < 4.78 is 0. The number of hydrogen-bond acceptors (Lipinski definition) is 2. The second kappa shape index (κ2) is 7.87. The Morgan fingerprint density at radius 2 is 1.85 bits per heavy atom. The van der Waals surface area contributed by atoms with Gasteiger partial charge in [-0.1, -0.05) is 42.1 Å². The summed E-state index contributed by atoms with van der Waals surface area (Å²) in [5, 5.41) is 4.12. The molecule has 1 amide bonds. The zero-order valence-corrected chi connectivity index (χ0v) is 13.0. The van der Waals surface area contributed by atoms with Gasteiger partial charge in [0, 0.05) is 16.6 Å². The van der Waals surface area contributed by atoms with Crippen molar-refractivity contribution < 1.29 is 4.79 Å². The van der Waals surface area contributed by atoms with Crippen LogP contribution in [0.4, 0.5) is 0 Å². The molecule has 1 heterocycles. The van der Waals surface area contributed by atoms with Gasteiger partial charge in [0.05, 0.1) is 6.54 Å². The van der Waals surface area contributed by atoms with E-state index >= 15 is 0 Å². The molecule has 1 saturated heterocycles. The second-order valence-corrected chi connectivity index (χ2v) is 6.05. The van der Waals surface area contributed by atoms with Crippen LogP contribution < -0.4 is 5.32 Å². The molecule has 0 spiro atoms. The molecule has 5 heteroatoms. The van der Waals surface area contributed by atoms with E-state index in [4.69, 9.17) is 23.2 Å². The molecule has 0 atom stereocenters. The predicted octanol–water partition coefficient (Wildman–Crippen LogP) is 3.49. The number of carbonyl (C=O) groups is 1. The van der Waals surface area contributed by atoms with Crippen molar-refractivity contribution >= 4 is 29.1 Å². The summed E-state index contributed by atoms with van der Waals surface area (Å²) in [5.74, 6) is 0.0536. The Kier molecular flexibility index (Phi) is 6.14. The van der Waals surface area contributed by atoms with E-state index in [1.807, 2.05) is 6.07 Å². The molecular formula is C15H20Cl2N2O. The number of hydrogen-bond donors (Lipinski definition) is 1. The maximum absolute atomic E-state index is 12.0. The average molecular weight is 315 g/mol. The standard InChI is InChI=1S/C15H20Cl2N2O/c16-13-6-5-12(14(17)9-13)10-18-15(20)11-19-7-3-1-2-4-8-19/h5-6,9H,1-4,7-8,10-11H2,(H,18,20). The Bertz CT molecular complexity index is 457. The SMILES string of the molecule is O=C(CN1CCCCCC1)NCc1ccc(Cl)cc1Cl. The number of benzene rings is 1. The van der Waals surface area contributed by atoms with E-state index in [-0.39, 0.29) is 5.91 Å². The third kappa shape index (κ3) is 4.97. The van der Waals surface area contributed by atoms with Crippen LogP contribution in [0.5, 0.6) is 0 Å². The Morgan fingerprint density at radius 3 is 2.50 bits per heavy atom. The van der Waals surface area contributed by atoms with E-state index in [0.29, 0.717) is 23.1 Å². The van der Waals surface area contributed by atoms with Crippen LogP contribution in [-0.4, -0.2) is 30.4 Å². The van der Waals surface area contributed by atoms with Gasteiger partial charge in [0.25, 0.3) is 0 Å². The van der Waals surface area contributed by atoms with Crippen LogP contribution in [0.3, 0.4) is 0 Å². The van der Waals surface area contributed by atoms with Crippen molar-refractivity contribution in [2.45, 2.75) is 32.2 Å². The highest BCUT2D eigenvalue weighted by atomic mass is 35.5. The highest BCUT2D eigenvalue weighted by Crippen LogP contribution is 2.20. The van der Waals surface area contributed by atoms with Crippen molar-refractivity contribution in [3.63, 3.8) is 0 Å². The summed E-state index contributed by atoms with van der Waals surface area (Å²) in [6.07, 6.45) is 4.93. The monoisotopic (exact) mass is 314 g/mol. The van der Waals surface area contributed by atoms with Crippen LogP contribution >= 0.6 is 23.2 Å². The van der Waals surface area contributed by atoms with Crippen molar-refractivity contribution in [2.75, 3.05) is 19.6 Å². The van der Waals surface area contributed by atoms with Gasteiger partial charge >= 0.3 is 0 Å². The summed E-state index contributed by atoms with van der Waals surface area (Å²) >= 11 is 11.9. The van der Waals surface area contributed by atoms with Crippen LogP contribution in [0.1, 0.15) is 31.2 Å². The lowest BCUT2D eigenvalue weighted by atomic mass is 10.2. The number of likely N-dealkylation sites (tertiary alicyclic amines) is 1. The fraction of sp³-hybridized carbons (Fsp3) is 0.533. The highest BCUT2D eigenvalue weighted by Gasteiger charge is 2.13. The lowest BCUT2D eigenvalue weighted by Crippen LogP contribution is -2.37. The van der Waals surface area contributed by atoms with Crippen molar-refractivity contribution in [2.24, 2.45) is 0 Å². The van der Waals surface area contributed by atoms with Crippen LogP contribution in [0.15, 0.2) is 18.2 Å². The normalized spacial score (nSPS) is 16.7. The van der Waals surface area contributed by atoms with Gasteiger partial charge in [-0.15, -0.1) is 0 Å². The lowest BCUT2D eigenvalue weighted by Gasteiger charge is -2.19. The topological polar surface area (TPSA) is 32.3 Å². The molecule has 20 heavy (non-hydrogen) atoms. The molecule has 0 aromatic heterocycles. The van der Waals surface area contributed by atoms with Crippen LogP contribution in [0.2, 0.25) is 10.0 Å². The third-order valence-electron chi connectivity index (χ3n) is 3.56. The maximum atomic E-state index is 12.0. The minimum absolute atomic E-state index is 0.0536. The van der Waals surface area contributed by atoms with Gasteiger partial charge in [-0.3, -0.25) is 9.69 Å². The first-order chi connectivity index (χ1) is 9.65. The van der Waals surface area contributed by atoms with Gasteiger partial charge in [0.2, 0.25) is 5.91 Å². The largest absolute Gasteiger partial charge is 0.351 e. The maximum Gasteiger partial charge on any atom is 0.234 e. The molecule has 1 fully saturated rings. The van der Waals surface area contributed by atoms with E-state index in [9.17, 15) is 4.79 Å². The number of halogens is 2. The molecule has 0 radical (unpaired) electrons. The molecule has 110 valence electrons. The molecule has 0 saturated carbocycles. The van der Waals surface area contributed by atoms with Gasteiger partial charge in [-0.2, -0.15) is 0 Å². The van der Waals surface area contributed by atoms with Crippen molar-refractivity contribution in [1.29, 1.82) is 0 Å². The van der Waals surface area contributed by atoms with Crippen molar-refractivity contribution in [1.82, 2.24) is 10.2 Å².